The fourth-order valence-corrected chi connectivity index (χ4v) is 6.99. The summed E-state index contributed by atoms with van der Waals surface area (Å²) in [4.78, 5) is 50.4. The van der Waals surface area contributed by atoms with Gasteiger partial charge in [0, 0.05) is 26.3 Å². The summed E-state index contributed by atoms with van der Waals surface area (Å²) in [6.07, 6.45) is 2.64. The van der Waals surface area contributed by atoms with Gasteiger partial charge in [0.2, 0.25) is 12.6 Å². The predicted molar refractivity (Wildman–Crippen MR) is 154 cm³/mol. The van der Waals surface area contributed by atoms with Gasteiger partial charge >= 0.3 is 23.9 Å². The molecule has 8 atom stereocenters. The van der Waals surface area contributed by atoms with Gasteiger partial charge in [0.15, 0.2) is 0 Å². The zero-order valence-electron chi connectivity index (χ0n) is 25.5. The smallest absolute Gasteiger partial charge is 0.338 e. The molecule has 0 unspecified atom stereocenters. The van der Waals surface area contributed by atoms with Crippen LogP contribution in [0, 0.1) is 22.7 Å². The largest absolute Gasteiger partial charge is 0.508 e. The second-order valence-corrected chi connectivity index (χ2v) is 11.9. The molecule has 2 aliphatic carbocycles. The lowest BCUT2D eigenvalue weighted by atomic mass is 9.45. The van der Waals surface area contributed by atoms with E-state index in [9.17, 15) is 24.3 Å². The fraction of sp³-hybridized carbons (Fsp3) is 0.515. The van der Waals surface area contributed by atoms with E-state index in [0.29, 0.717) is 24.8 Å². The van der Waals surface area contributed by atoms with Crippen LogP contribution in [0.2, 0.25) is 0 Å². The number of rotatable bonds is 8. The van der Waals surface area contributed by atoms with Crippen LogP contribution in [-0.4, -0.2) is 53.8 Å². The molecule has 43 heavy (non-hydrogen) atoms. The monoisotopic (exact) mass is 596 g/mol. The molecule has 1 saturated heterocycles. The minimum absolute atomic E-state index is 0.00233. The highest BCUT2D eigenvalue weighted by Gasteiger charge is 2.72. The van der Waals surface area contributed by atoms with Gasteiger partial charge in [-0.3, -0.25) is 19.1 Å². The Morgan fingerprint density at radius 3 is 2.19 bits per heavy atom. The van der Waals surface area contributed by atoms with Gasteiger partial charge in [-0.05, 0) is 73.8 Å². The third-order valence-corrected chi connectivity index (χ3v) is 9.22. The lowest BCUT2D eigenvalue weighted by molar-refractivity contribution is -0.253. The van der Waals surface area contributed by atoms with Gasteiger partial charge in [-0.2, -0.15) is 0 Å². The number of hydrogen-bond acceptors (Lipinski definition) is 10. The maximum absolute atomic E-state index is 13.6. The van der Waals surface area contributed by atoms with E-state index in [1.165, 1.54) is 45.0 Å². The Labute approximate surface area is 251 Å². The van der Waals surface area contributed by atoms with Crippen LogP contribution in [0.3, 0.4) is 0 Å². The average Bonchev–Trinajstić information content (AvgIpc) is 3.21. The number of aromatic hydroxyl groups is 1. The van der Waals surface area contributed by atoms with Crippen LogP contribution in [-0.2, 0) is 38.1 Å². The normalized spacial score (nSPS) is 33.3. The lowest BCUT2D eigenvalue weighted by Gasteiger charge is -2.60. The van der Waals surface area contributed by atoms with Crippen molar-refractivity contribution in [3.8, 4) is 5.75 Å². The second kappa shape index (κ2) is 12.4. The molecule has 2 fully saturated rings. The number of phenolic OH excluding ortho intramolecular Hbond substituents is 1. The summed E-state index contributed by atoms with van der Waals surface area (Å²) in [7, 11) is 0. The first-order valence-electron chi connectivity index (χ1n) is 14.4. The molecule has 1 heterocycles. The maximum atomic E-state index is 13.6. The van der Waals surface area contributed by atoms with Crippen molar-refractivity contribution in [2.75, 3.05) is 0 Å². The zero-order valence-corrected chi connectivity index (χ0v) is 25.5. The Hall–Kier alpha value is -3.92. The molecule has 232 valence electrons. The molecule has 0 amide bonds. The van der Waals surface area contributed by atoms with Crippen molar-refractivity contribution in [2.45, 2.75) is 85.6 Å². The van der Waals surface area contributed by atoms with Crippen LogP contribution >= 0.6 is 0 Å². The van der Waals surface area contributed by atoms with Crippen LogP contribution in [0.15, 0.2) is 60.2 Å². The first kappa shape index (κ1) is 32.0. The molecule has 0 aromatic heterocycles. The Morgan fingerprint density at radius 1 is 0.977 bits per heavy atom. The standard InChI is InChI=1S/C33H40O10/c1-8-18(2)13-14-32(7)19(3)15-28(42-29(38)23-9-11-24(37)12-10-23)33-26(16-25(17-27(32)33)39-20(4)34)30(40-21(5)35)43-31(33)41-22(6)36/h8-13,16,19,25,27-28,30-31,37H,1,14-15,17H2,2-7H3/t19-,25+,27+,28+,30+,31-,32-,33-/m1/s1. The van der Waals surface area contributed by atoms with Gasteiger partial charge in [0.1, 0.15) is 23.4 Å². The molecule has 1 aromatic rings. The number of allylic oxidation sites excluding steroid dienone is 3. The van der Waals surface area contributed by atoms with E-state index in [1.807, 2.05) is 6.92 Å². The van der Waals surface area contributed by atoms with Crippen LogP contribution in [0.25, 0.3) is 0 Å². The predicted octanol–water partition coefficient (Wildman–Crippen LogP) is 5.16. The molecular weight excluding hydrogens is 556 g/mol. The minimum atomic E-state index is -1.29. The summed E-state index contributed by atoms with van der Waals surface area (Å²) >= 11 is 0. The first-order chi connectivity index (χ1) is 20.2. The molecule has 1 spiro atoms. The number of carbonyl (C=O) groups is 4. The SMILES string of the molecule is C=CC(C)=CC[C@]1(C)[C@H](C)C[C@H](OC(=O)c2ccc(O)cc2)[C@@]23C(=C[C@H](OC(C)=O)C[C@@H]12)[C@@H](OC(C)=O)O[C@H]3OC(C)=O. The number of benzene rings is 1. The van der Waals surface area contributed by atoms with Gasteiger partial charge in [-0.15, -0.1) is 0 Å². The number of hydrogen-bond donors (Lipinski definition) is 1. The summed E-state index contributed by atoms with van der Waals surface area (Å²) in [5.41, 5.74) is -0.191. The van der Waals surface area contributed by atoms with E-state index in [2.05, 4.69) is 26.5 Å². The van der Waals surface area contributed by atoms with Crippen LogP contribution in [0.1, 0.15) is 71.2 Å². The summed E-state index contributed by atoms with van der Waals surface area (Å²) in [6.45, 7) is 13.8. The van der Waals surface area contributed by atoms with E-state index >= 15 is 0 Å². The average molecular weight is 597 g/mol. The van der Waals surface area contributed by atoms with Crippen molar-refractivity contribution >= 4 is 23.9 Å². The molecule has 3 aliphatic rings. The summed E-state index contributed by atoms with van der Waals surface area (Å²) < 4.78 is 29.6. The van der Waals surface area contributed by atoms with Crippen molar-refractivity contribution in [2.24, 2.45) is 22.7 Å². The Bertz CT molecular complexity index is 1340. The third kappa shape index (κ3) is 6.11. The summed E-state index contributed by atoms with van der Waals surface area (Å²) in [5, 5.41) is 9.73. The molecule has 1 aromatic carbocycles. The number of esters is 4. The van der Waals surface area contributed by atoms with Gasteiger partial charge in [0.05, 0.1) is 5.56 Å². The molecular formula is C33H40O10. The third-order valence-electron chi connectivity index (χ3n) is 9.22. The molecule has 1 saturated carbocycles. The van der Waals surface area contributed by atoms with Crippen molar-refractivity contribution in [3.63, 3.8) is 0 Å². The van der Waals surface area contributed by atoms with E-state index in [0.717, 1.165) is 5.57 Å². The molecule has 4 rings (SSSR count). The molecule has 1 N–H and O–H groups in total. The molecule has 0 radical (unpaired) electrons. The van der Waals surface area contributed by atoms with E-state index in [-0.39, 0.29) is 17.2 Å². The molecule has 0 bridgehead atoms. The lowest BCUT2D eigenvalue weighted by Crippen LogP contribution is -2.64. The topological polar surface area (TPSA) is 135 Å². The second-order valence-electron chi connectivity index (χ2n) is 11.9. The highest BCUT2D eigenvalue weighted by molar-refractivity contribution is 5.89. The number of carbonyl (C=O) groups excluding carboxylic acids is 4. The highest BCUT2D eigenvalue weighted by Crippen LogP contribution is 2.68. The van der Waals surface area contributed by atoms with Gasteiger partial charge < -0.3 is 24.1 Å². The van der Waals surface area contributed by atoms with Crippen molar-refractivity contribution in [1.82, 2.24) is 0 Å². The molecule has 10 heteroatoms. The fourth-order valence-electron chi connectivity index (χ4n) is 6.99. The first-order valence-corrected chi connectivity index (χ1v) is 14.4. The van der Waals surface area contributed by atoms with E-state index in [1.54, 1.807) is 12.2 Å². The highest BCUT2D eigenvalue weighted by atomic mass is 16.8. The van der Waals surface area contributed by atoms with Gasteiger partial charge in [0.25, 0.3) is 0 Å². The van der Waals surface area contributed by atoms with Gasteiger partial charge in [-0.25, -0.2) is 4.79 Å². The number of phenols is 1. The Morgan fingerprint density at radius 2 is 1.60 bits per heavy atom. The van der Waals surface area contributed by atoms with Crippen molar-refractivity contribution < 1.29 is 48.0 Å². The summed E-state index contributed by atoms with van der Waals surface area (Å²) in [5.74, 6) is -2.88. The molecule has 10 nitrogen and oxygen atoms in total. The van der Waals surface area contributed by atoms with Gasteiger partial charge in [-0.1, -0.05) is 38.2 Å². The summed E-state index contributed by atoms with van der Waals surface area (Å²) in [6, 6.07) is 5.69. The van der Waals surface area contributed by atoms with Crippen molar-refractivity contribution in [3.05, 3.63) is 65.8 Å². The van der Waals surface area contributed by atoms with Crippen LogP contribution < -0.4 is 0 Å². The van der Waals surface area contributed by atoms with E-state index < -0.39 is 65.4 Å². The Kier molecular flexibility index (Phi) is 9.20. The number of ether oxygens (including phenoxy) is 5. The minimum Gasteiger partial charge on any atom is -0.508 e. The molecule has 1 aliphatic heterocycles. The van der Waals surface area contributed by atoms with Crippen LogP contribution in [0.5, 0.6) is 5.75 Å². The zero-order chi connectivity index (χ0) is 31.7. The van der Waals surface area contributed by atoms with E-state index in [4.69, 9.17) is 23.7 Å². The quantitative estimate of drug-likeness (QED) is 0.186. The van der Waals surface area contributed by atoms with Crippen molar-refractivity contribution in [1.29, 1.82) is 0 Å². The maximum Gasteiger partial charge on any atom is 0.338 e. The van der Waals surface area contributed by atoms with Crippen LogP contribution in [0.4, 0.5) is 0 Å². The Balaban J connectivity index is 1.95.